The molecular weight excluding hydrogens is 761 g/mol. The number of allylic oxidation sites excluding steroid dienone is 4. The topological polar surface area (TPSA) is 35.6 Å². The Morgan fingerprint density at radius 1 is 0.508 bits per heavy atom. The van der Waals surface area contributed by atoms with Gasteiger partial charge >= 0.3 is 0 Å². The molecule has 0 saturated heterocycles. The van der Waals surface area contributed by atoms with Crippen molar-refractivity contribution in [2.75, 3.05) is 0 Å². The van der Waals surface area contributed by atoms with Gasteiger partial charge in [-0.2, -0.15) is 0 Å². The van der Waals surface area contributed by atoms with Crippen LogP contribution in [0.3, 0.4) is 0 Å². The first-order valence-electron chi connectivity index (χ1n) is 20.9. The molecule has 5 heteroatoms. The van der Waals surface area contributed by atoms with E-state index in [9.17, 15) is 0 Å². The molecule has 0 N–H and O–H groups in total. The Kier molecular flexibility index (Phi) is 7.57. The van der Waals surface area contributed by atoms with E-state index >= 15 is 0 Å². The molecular formula is C56H36N4S. The summed E-state index contributed by atoms with van der Waals surface area (Å²) in [5.41, 5.74) is 11.2. The van der Waals surface area contributed by atoms with Gasteiger partial charge < -0.3 is 4.57 Å². The minimum atomic E-state index is 0.229. The third-order valence-electron chi connectivity index (χ3n) is 12.6. The summed E-state index contributed by atoms with van der Waals surface area (Å²) in [6, 6.07) is 64.1. The van der Waals surface area contributed by atoms with Gasteiger partial charge in [0.05, 0.1) is 33.8 Å². The van der Waals surface area contributed by atoms with Crippen LogP contribution in [0.4, 0.5) is 0 Å². The van der Waals surface area contributed by atoms with Crippen LogP contribution in [-0.4, -0.2) is 19.1 Å². The monoisotopic (exact) mass is 796 g/mol. The molecule has 1 atom stereocenters. The van der Waals surface area contributed by atoms with Crippen molar-refractivity contribution in [3.05, 3.63) is 200 Å². The summed E-state index contributed by atoms with van der Waals surface area (Å²) in [4.78, 5) is 12.3. The third kappa shape index (κ3) is 5.24. The molecule has 0 amide bonds. The Morgan fingerprint density at radius 2 is 1.26 bits per heavy atom. The average molecular weight is 797 g/mol. The quantitative estimate of drug-likeness (QED) is 0.174. The Labute approximate surface area is 355 Å². The minimum Gasteiger partial charge on any atom is -0.333 e. The van der Waals surface area contributed by atoms with Crippen molar-refractivity contribution in [1.82, 2.24) is 19.1 Å². The van der Waals surface area contributed by atoms with Gasteiger partial charge in [0.1, 0.15) is 0 Å². The first kappa shape index (κ1) is 34.3. The van der Waals surface area contributed by atoms with Crippen LogP contribution in [0.15, 0.2) is 200 Å². The van der Waals surface area contributed by atoms with E-state index in [0.717, 1.165) is 39.6 Å². The van der Waals surface area contributed by atoms with E-state index in [1.807, 2.05) is 11.3 Å². The van der Waals surface area contributed by atoms with E-state index in [2.05, 4.69) is 209 Å². The highest BCUT2D eigenvalue weighted by atomic mass is 32.1. The Bertz CT molecular complexity index is 3790. The Balaban J connectivity index is 1.09. The standard InChI is InChI=1S/C56H36N4S/c1-4-16-36(17-5-1)50-34-39-27-30-46-52(55(39)61-50)53(37-18-6-2-7-19-37)58-56(57-46)60-48-31-29-38(33-45(48)51-41-22-11-10-15-35(41)28-32-49(51)60)42-24-14-25-44-43-23-12-13-26-47(43)59(54(42)44)40-20-8-3-9-21-40/h1-20,22-34,40H,21H2. The van der Waals surface area contributed by atoms with E-state index < -0.39 is 0 Å². The maximum Gasteiger partial charge on any atom is 0.235 e. The first-order valence-corrected chi connectivity index (χ1v) is 21.8. The van der Waals surface area contributed by atoms with E-state index in [4.69, 9.17) is 9.97 Å². The molecule has 61 heavy (non-hydrogen) atoms. The molecule has 8 aromatic carbocycles. The number of fused-ring (bicyclic) bond motifs is 11. The number of hydrogen-bond donors (Lipinski definition) is 0. The van der Waals surface area contributed by atoms with Crippen molar-refractivity contribution in [1.29, 1.82) is 0 Å². The molecule has 0 fully saturated rings. The van der Waals surface area contributed by atoms with E-state index in [-0.39, 0.29) is 6.04 Å². The molecule has 13 rings (SSSR count). The molecule has 4 heterocycles. The van der Waals surface area contributed by atoms with Crippen LogP contribution in [0, 0.1) is 0 Å². The van der Waals surface area contributed by atoms with Crippen LogP contribution >= 0.6 is 11.3 Å². The molecule has 12 aromatic rings. The second-order valence-corrected chi connectivity index (χ2v) is 17.1. The Morgan fingerprint density at radius 3 is 2.11 bits per heavy atom. The fourth-order valence-corrected chi connectivity index (χ4v) is 11.1. The highest BCUT2D eigenvalue weighted by Crippen LogP contribution is 2.45. The van der Waals surface area contributed by atoms with E-state index in [1.54, 1.807) is 0 Å². The van der Waals surface area contributed by atoms with Gasteiger partial charge in [0.2, 0.25) is 5.95 Å². The molecule has 0 aliphatic heterocycles. The van der Waals surface area contributed by atoms with Gasteiger partial charge in [-0.05, 0) is 70.1 Å². The maximum atomic E-state index is 5.58. The number of nitrogens with zero attached hydrogens (tertiary/aromatic N) is 4. The van der Waals surface area contributed by atoms with Crippen LogP contribution in [0.5, 0.6) is 0 Å². The Hall–Kier alpha value is -7.60. The van der Waals surface area contributed by atoms with Crippen molar-refractivity contribution in [2.24, 2.45) is 0 Å². The first-order chi connectivity index (χ1) is 30.3. The van der Waals surface area contributed by atoms with E-state index in [0.29, 0.717) is 5.95 Å². The summed E-state index contributed by atoms with van der Waals surface area (Å²) in [5, 5.41) is 9.64. The van der Waals surface area contributed by atoms with Crippen molar-refractivity contribution < 1.29 is 0 Å². The predicted octanol–water partition coefficient (Wildman–Crippen LogP) is 15.3. The zero-order chi connectivity index (χ0) is 40.0. The molecule has 1 aliphatic rings. The number of rotatable bonds is 5. The fourth-order valence-electron chi connectivity index (χ4n) is 9.92. The molecule has 1 aliphatic carbocycles. The highest BCUT2D eigenvalue weighted by Gasteiger charge is 2.24. The molecule has 4 aromatic heterocycles. The molecule has 4 nitrogen and oxygen atoms in total. The van der Waals surface area contributed by atoms with Crippen LogP contribution in [0.2, 0.25) is 0 Å². The van der Waals surface area contributed by atoms with Crippen molar-refractivity contribution in [3.63, 3.8) is 0 Å². The summed E-state index contributed by atoms with van der Waals surface area (Å²) in [6.07, 6.45) is 9.92. The van der Waals surface area contributed by atoms with Gasteiger partial charge in [0.25, 0.3) is 0 Å². The fraction of sp³-hybridized carbons (Fsp3) is 0.0357. The lowest BCUT2D eigenvalue weighted by Crippen LogP contribution is -2.07. The summed E-state index contributed by atoms with van der Waals surface area (Å²) in [5.74, 6) is 0.660. The van der Waals surface area contributed by atoms with Crippen molar-refractivity contribution >= 4 is 86.7 Å². The molecule has 0 radical (unpaired) electrons. The van der Waals surface area contributed by atoms with Gasteiger partial charge in [0.15, 0.2) is 0 Å². The third-order valence-corrected chi connectivity index (χ3v) is 13.8. The lowest BCUT2D eigenvalue weighted by atomic mass is 9.98. The van der Waals surface area contributed by atoms with Crippen LogP contribution < -0.4 is 0 Å². The number of hydrogen-bond acceptors (Lipinski definition) is 3. The largest absolute Gasteiger partial charge is 0.333 e. The average Bonchev–Trinajstić information content (AvgIpc) is 4.03. The van der Waals surface area contributed by atoms with E-state index in [1.165, 1.54) is 75.0 Å². The second kappa shape index (κ2) is 13.5. The number of para-hydroxylation sites is 2. The number of aromatic nitrogens is 4. The second-order valence-electron chi connectivity index (χ2n) is 16.0. The van der Waals surface area contributed by atoms with Crippen molar-refractivity contribution in [2.45, 2.75) is 12.5 Å². The summed E-state index contributed by atoms with van der Waals surface area (Å²) >= 11 is 1.81. The normalized spacial score (nSPS) is 14.2. The lowest BCUT2D eigenvalue weighted by Gasteiger charge is -2.20. The van der Waals surface area contributed by atoms with Crippen LogP contribution in [0.1, 0.15) is 12.5 Å². The minimum absolute atomic E-state index is 0.229. The number of benzene rings is 8. The van der Waals surface area contributed by atoms with Gasteiger partial charge in [-0.15, -0.1) is 11.3 Å². The number of thiophene rings is 1. The van der Waals surface area contributed by atoms with Crippen LogP contribution in [0.25, 0.3) is 114 Å². The molecule has 0 spiro atoms. The smallest absolute Gasteiger partial charge is 0.235 e. The molecule has 0 saturated carbocycles. The zero-order valence-electron chi connectivity index (χ0n) is 33.0. The summed E-state index contributed by atoms with van der Waals surface area (Å²) in [7, 11) is 0. The molecule has 1 unspecified atom stereocenters. The van der Waals surface area contributed by atoms with Gasteiger partial charge in [-0.25, -0.2) is 9.97 Å². The predicted molar refractivity (Wildman–Crippen MR) is 258 cm³/mol. The maximum absolute atomic E-state index is 5.58. The summed E-state index contributed by atoms with van der Waals surface area (Å²) in [6.45, 7) is 0. The molecule has 286 valence electrons. The SMILES string of the molecule is C1=CCC(n2c3ccccc3c3cccc(-c4ccc5c(c4)c4c6ccccc6ccc4n5-c4nc(-c5ccccc5)c5c(ccc6cc(-c7ccccc7)sc65)n4)c32)C=C1. The summed E-state index contributed by atoms with van der Waals surface area (Å²) < 4.78 is 6.05. The van der Waals surface area contributed by atoms with Gasteiger partial charge in [-0.1, -0.05) is 164 Å². The molecule has 0 bridgehead atoms. The highest BCUT2D eigenvalue weighted by molar-refractivity contribution is 7.23. The van der Waals surface area contributed by atoms with Crippen molar-refractivity contribution in [3.8, 4) is 38.8 Å². The van der Waals surface area contributed by atoms with Crippen LogP contribution in [-0.2, 0) is 0 Å². The zero-order valence-corrected chi connectivity index (χ0v) is 33.9. The van der Waals surface area contributed by atoms with Gasteiger partial charge in [0, 0.05) is 53.2 Å². The lowest BCUT2D eigenvalue weighted by molar-refractivity contribution is 0.648. The van der Waals surface area contributed by atoms with Gasteiger partial charge in [-0.3, -0.25) is 4.57 Å².